The van der Waals surface area contributed by atoms with Crippen LogP contribution in [0.3, 0.4) is 0 Å². The molecular formula is C15H31N. The molecule has 0 aromatic heterocycles. The van der Waals surface area contributed by atoms with E-state index in [2.05, 4.69) is 33.0 Å². The van der Waals surface area contributed by atoms with Gasteiger partial charge in [0, 0.05) is 12.1 Å². The number of rotatable bonds is 6. The van der Waals surface area contributed by atoms with Gasteiger partial charge in [0.15, 0.2) is 0 Å². The van der Waals surface area contributed by atoms with Crippen molar-refractivity contribution in [2.75, 3.05) is 0 Å². The van der Waals surface area contributed by atoms with Crippen molar-refractivity contribution in [2.45, 2.75) is 91.1 Å². The van der Waals surface area contributed by atoms with Crippen LogP contribution in [-0.4, -0.2) is 12.1 Å². The molecule has 0 aromatic carbocycles. The summed E-state index contributed by atoms with van der Waals surface area (Å²) < 4.78 is 0. The lowest BCUT2D eigenvalue weighted by molar-refractivity contribution is 0.185. The molecule has 0 spiro atoms. The second kappa shape index (κ2) is 6.64. The molecule has 0 bridgehead atoms. The van der Waals surface area contributed by atoms with Crippen LogP contribution in [0.25, 0.3) is 0 Å². The summed E-state index contributed by atoms with van der Waals surface area (Å²) in [6, 6.07) is 1.55. The van der Waals surface area contributed by atoms with Crippen molar-refractivity contribution in [1.29, 1.82) is 0 Å². The van der Waals surface area contributed by atoms with Crippen LogP contribution in [0.2, 0.25) is 0 Å². The van der Waals surface area contributed by atoms with E-state index in [1.54, 1.807) is 0 Å². The first kappa shape index (κ1) is 14.0. The van der Waals surface area contributed by atoms with Gasteiger partial charge in [0.2, 0.25) is 0 Å². The number of hydrogen-bond acceptors (Lipinski definition) is 1. The van der Waals surface area contributed by atoms with E-state index in [1.807, 2.05) is 0 Å². The van der Waals surface area contributed by atoms with Crippen LogP contribution in [0.1, 0.15) is 79.1 Å². The average Bonchev–Trinajstić information content (AvgIpc) is 2.22. The topological polar surface area (TPSA) is 12.0 Å². The van der Waals surface area contributed by atoms with Crippen molar-refractivity contribution in [1.82, 2.24) is 5.32 Å². The zero-order valence-electron chi connectivity index (χ0n) is 11.8. The average molecular weight is 225 g/mol. The molecule has 1 aliphatic rings. The summed E-state index contributed by atoms with van der Waals surface area (Å²) in [6.07, 6.45) is 10.9. The van der Waals surface area contributed by atoms with Gasteiger partial charge >= 0.3 is 0 Å². The molecule has 2 atom stereocenters. The maximum absolute atomic E-state index is 3.90. The van der Waals surface area contributed by atoms with Gasteiger partial charge in [0.25, 0.3) is 0 Å². The molecule has 0 amide bonds. The molecule has 1 aliphatic carbocycles. The molecule has 1 heteroatoms. The summed E-state index contributed by atoms with van der Waals surface area (Å²) in [5, 5.41) is 3.90. The lowest BCUT2D eigenvalue weighted by Crippen LogP contribution is -2.42. The summed E-state index contributed by atoms with van der Waals surface area (Å²) in [6.45, 7) is 9.46. The van der Waals surface area contributed by atoms with E-state index in [0.717, 1.165) is 12.1 Å². The van der Waals surface area contributed by atoms with Crippen LogP contribution < -0.4 is 5.32 Å². The van der Waals surface area contributed by atoms with Gasteiger partial charge in [-0.1, -0.05) is 47.0 Å². The highest BCUT2D eigenvalue weighted by Crippen LogP contribution is 2.35. The van der Waals surface area contributed by atoms with E-state index in [-0.39, 0.29) is 0 Å². The van der Waals surface area contributed by atoms with Crippen LogP contribution in [0.4, 0.5) is 0 Å². The summed E-state index contributed by atoms with van der Waals surface area (Å²) in [7, 11) is 0. The van der Waals surface area contributed by atoms with Crippen molar-refractivity contribution in [3.05, 3.63) is 0 Å². The first-order chi connectivity index (χ1) is 7.57. The second-order valence-corrected chi connectivity index (χ2v) is 6.37. The predicted octanol–water partition coefficient (Wildman–Crippen LogP) is 4.51. The Bertz CT molecular complexity index is 186. The Morgan fingerprint density at radius 3 is 2.62 bits per heavy atom. The minimum atomic E-state index is 0.568. The Kier molecular flexibility index (Phi) is 5.82. The van der Waals surface area contributed by atoms with Crippen LogP contribution in [0, 0.1) is 5.41 Å². The number of hydrogen-bond donors (Lipinski definition) is 1. The Balaban J connectivity index is 2.33. The zero-order valence-corrected chi connectivity index (χ0v) is 11.8. The standard InChI is InChI=1S/C15H31N/c1-5-7-9-13(6-2)16-14-10-8-11-15(3,4)12-14/h13-14,16H,5-12H2,1-4H3. The summed E-state index contributed by atoms with van der Waals surface area (Å²) in [4.78, 5) is 0. The molecule has 1 rings (SSSR count). The van der Waals surface area contributed by atoms with Crippen molar-refractivity contribution < 1.29 is 0 Å². The van der Waals surface area contributed by atoms with Gasteiger partial charge in [-0.05, 0) is 37.5 Å². The Labute approximate surface area is 102 Å². The van der Waals surface area contributed by atoms with Gasteiger partial charge in [-0.25, -0.2) is 0 Å². The summed E-state index contributed by atoms with van der Waals surface area (Å²) in [5.74, 6) is 0. The third-order valence-electron chi connectivity index (χ3n) is 4.08. The zero-order chi connectivity index (χ0) is 12.0. The van der Waals surface area contributed by atoms with Crippen LogP contribution in [0.15, 0.2) is 0 Å². The van der Waals surface area contributed by atoms with E-state index in [1.165, 1.54) is 51.4 Å². The number of unbranched alkanes of at least 4 members (excludes halogenated alkanes) is 1. The lowest BCUT2D eigenvalue weighted by atomic mass is 9.75. The molecular weight excluding hydrogens is 194 g/mol. The van der Waals surface area contributed by atoms with Crippen LogP contribution >= 0.6 is 0 Å². The molecule has 16 heavy (non-hydrogen) atoms. The van der Waals surface area contributed by atoms with Crippen molar-refractivity contribution in [3.63, 3.8) is 0 Å². The highest BCUT2D eigenvalue weighted by Gasteiger charge is 2.28. The predicted molar refractivity (Wildman–Crippen MR) is 72.8 cm³/mol. The fourth-order valence-electron chi connectivity index (χ4n) is 3.03. The van der Waals surface area contributed by atoms with Gasteiger partial charge in [0.05, 0.1) is 0 Å². The molecule has 1 nitrogen and oxygen atoms in total. The van der Waals surface area contributed by atoms with Crippen molar-refractivity contribution in [3.8, 4) is 0 Å². The van der Waals surface area contributed by atoms with Gasteiger partial charge in [-0.2, -0.15) is 0 Å². The number of nitrogens with one attached hydrogen (secondary N) is 1. The van der Waals surface area contributed by atoms with Crippen LogP contribution in [0.5, 0.6) is 0 Å². The van der Waals surface area contributed by atoms with Crippen molar-refractivity contribution >= 4 is 0 Å². The first-order valence-electron chi connectivity index (χ1n) is 7.33. The quantitative estimate of drug-likeness (QED) is 0.701. The molecule has 1 fully saturated rings. The minimum absolute atomic E-state index is 0.568. The molecule has 96 valence electrons. The van der Waals surface area contributed by atoms with E-state index >= 15 is 0 Å². The van der Waals surface area contributed by atoms with Crippen LogP contribution in [-0.2, 0) is 0 Å². The molecule has 2 unspecified atom stereocenters. The third kappa shape index (κ3) is 4.86. The van der Waals surface area contributed by atoms with E-state index in [9.17, 15) is 0 Å². The summed E-state index contributed by atoms with van der Waals surface area (Å²) >= 11 is 0. The summed E-state index contributed by atoms with van der Waals surface area (Å²) in [5.41, 5.74) is 0.568. The fourth-order valence-corrected chi connectivity index (χ4v) is 3.03. The Morgan fingerprint density at radius 2 is 2.06 bits per heavy atom. The Hall–Kier alpha value is -0.0400. The minimum Gasteiger partial charge on any atom is -0.311 e. The van der Waals surface area contributed by atoms with E-state index < -0.39 is 0 Å². The lowest BCUT2D eigenvalue weighted by Gasteiger charge is -2.37. The first-order valence-corrected chi connectivity index (χ1v) is 7.33. The maximum Gasteiger partial charge on any atom is 0.00747 e. The third-order valence-corrected chi connectivity index (χ3v) is 4.08. The fraction of sp³-hybridized carbons (Fsp3) is 1.00. The monoisotopic (exact) mass is 225 g/mol. The maximum atomic E-state index is 3.90. The molecule has 1 saturated carbocycles. The van der Waals surface area contributed by atoms with Gasteiger partial charge < -0.3 is 5.32 Å². The van der Waals surface area contributed by atoms with E-state index in [4.69, 9.17) is 0 Å². The molecule has 0 radical (unpaired) electrons. The molecule has 0 aliphatic heterocycles. The van der Waals surface area contributed by atoms with E-state index in [0.29, 0.717) is 5.41 Å². The Morgan fingerprint density at radius 1 is 1.31 bits per heavy atom. The highest BCUT2D eigenvalue weighted by atomic mass is 15.0. The van der Waals surface area contributed by atoms with Gasteiger partial charge in [-0.3, -0.25) is 0 Å². The van der Waals surface area contributed by atoms with Gasteiger partial charge in [-0.15, -0.1) is 0 Å². The molecule has 0 heterocycles. The smallest absolute Gasteiger partial charge is 0.00747 e. The molecule has 1 N–H and O–H groups in total. The highest BCUT2D eigenvalue weighted by molar-refractivity contribution is 4.85. The van der Waals surface area contributed by atoms with Gasteiger partial charge in [0.1, 0.15) is 0 Å². The SMILES string of the molecule is CCCCC(CC)NC1CCCC(C)(C)C1. The molecule has 0 aromatic rings. The molecule has 0 saturated heterocycles. The second-order valence-electron chi connectivity index (χ2n) is 6.37. The largest absolute Gasteiger partial charge is 0.311 e. The normalized spacial score (nSPS) is 26.6. The van der Waals surface area contributed by atoms with Crippen molar-refractivity contribution in [2.24, 2.45) is 5.41 Å².